The Bertz CT molecular complexity index is 480. The minimum absolute atomic E-state index is 0.527. The number of aryl methyl sites for hydroxylation is 1. The first-order valence-electron chi connectivity index (χ1n) is 5.37. The lowest BCUT2D eigenvalue weighted by Crippen LogP contribution is -1.98. The molecule has 1 heterocycles. The molecule has 0 atom stereocenters. The van der Waals surface area contributed by atoms with E-state index in [2.05, 4.69) is 23.3 Å². The fourth-order valence-corrected chi connectivity index (χ4v) is 1.61. The number of para-hydroxylation sites is 1. The van der Waals surface area contributed by atoms with E-state index in [9.17, 15) is 0 Å². The maximum atomic E-state index is 5.63. The Labute approximate surface area is 95.3 Å². The van der Waals surface area contributed by atoms with Gasteiger partial charge < -0.3 is 11.1 Å². The summed E-state index contributed by atoms with van der Waals surface area (Å²) in [6, 6.07) is 13.8. The van der Waals surface area contributed by atoms with Crippen molar-refractivity contribution in [1.82, 2.24) is 4.98 Å². The van der Waals surface area contributed by atoms with Crippen molar-refractivity contribution < 1.29 is 0 Å². The Morgan fingerprint density at radius 1 is 1.12 bits per heavy atom. The summed E-state index contributed by atoms with van der Waals surface area (Å²) < 4.78 is 0. The van der Waals surface area contributed by atoms with Crippen LogP contribution in [0, 0.1) is 0 Å². The number of nitrogens with one attached hydrogen (secondary N) is 1. The van der Waals surface area contributed by atoms with Crippen molar-refractivity contribution in [2.45, 2.75) is 13.3 Å². The second-order valence-corrected chi connectivity index (χ2v) is 3.58. The van der Waals surface area contributed by atoms with Gasteiger partial charge in [0.2, 0.25) is 0 Å². The third kappa shape index (κ3) is 2.31. The second-order valence-electron chi connectivity index (χ2n) is 3.58. The largest absolute Gasteiger partial charge is 0.384 e. The van der Waals surface area contributed by atoms with Gasteiger partial charge in [0.1, 0.15) is 11.6 Å². The zero-order valence-electron chi connectivity index (χ0n) is 9.27. The molecule has 0 unspecified atom stereocenters. The zero-order valence-corrected chi connectivity index (χ0v) is 9.27. The lowest BCUT2D eigenvalue weighted by atomic mass is 10.1. The van der Waals surface area contributed by atoms with E-state index in [-0.39, 0.29) is 0 Å². The van der Waals surface area contributed by atoms with Gasteiger partial charge in [-0.05, 0) is 30.2 Å². The number of hydrogen-bond acceptors (Lipinski definition) is 3. The average molecular weight is 213 g/mol. The Balaban J connectivity index is 2.26. The summed E-state index contributed by atoms with van der Waals surface area (Å²) in [5.74, 6) is 1.31. The third-order valence-corrected chi connectivity index (χ3v) is 2.43. The Morgan fingerprint density at radius 2 is 1.94 bits per heavy atom. The first-order chi connectivity index (χ1) is 7.79. The number of anilines is 3. The van der Waals surface area contributed by atoms with Crippen LogP contribution >= 0.6 is 0 Å². The third-order valence-electron chi connectivity index (χ3n) is 2.43. The van der Waals surface area contributed by atoms with Gasteiger partial charge in [-0.25, -0.2) is 4.98 Å². The number of aromatic nitrogens is 1. The highest BCUT2D eigenvalue weighted by atomic mass is 15.0. The van der Waals surface area contributed by atoms with Gasteiger partial charge in [-0.15, -0.1) is 0 Å². The smallest absolute Gasteiger partial charge is 0.132 e. The predicted octanol–water partition coefficient (Wildman–Crippen LogP) is 2.97. The van der Waals surface area contributed by atoms with Gasteiger partial charge in [-0.3, -0.25) is 0 Å². The molecule has 2 aromatic rings. The van der Waals surface area contributed by atoms with E-state index in [1.54, 1.807) is 6.07 Å². The van der Waals surface area contributed by atoms with Crippen LogP contribution in [0.3, 0.4) is 0 Å². The lowest BCUT2D eigenvalue weighted by Gasteiger charge is -2.10. The number of benzene rings is 1. The number of hydrogen-bond donors (Lipinski definition) is 2. The van der Waals surface area contributed by atoms with Crippen molar-refractivity contribution in [3.05, 3.63) is 48.0 Å². The molecule has 0 aliphatic heterocycles. The van der Waals surface area contributed by atoms with Crippen LogP contribution in [-0.2, 0) is 6.42 Å². The van der Waals surface area contributed by atoms with E-state index < -0.39 is 0 Å². The highest BCUT2D eigenvalue weighted by Crippen LogP contribution is 2.20. The molecular formula is C13H15N3. The molecule has 0 aliphatic rings. The molecule has 16 heavy (non-hydrogen) atoms. The summed E-state index contributed by atoms with van der Waals surface area (Å²) in [5, 5.41) is 3.27. The topological polar surface area (TPSA) is 50.9 Å². The molecule has 0 bridgehead atoms. The number of nitrogens with two attached hydrogens (primary N) is 1. The molecule has 3 N–H and O–H groups in total. The molecule has 1 aromatic heterocycles. The van der Waals surface area contributed by atoms with Crippen LogP contribution in [0.4, 0.5) is 17.3 Å². The molecule has 1 aromatic carbocycles. The molecule has 0 radical (unpaired) electrons. The van der Waals surface area contributed by atoms with Crippen molar-refractivity contribution in [2.24, 2.45) is 0 Å². The van der Waals surface area contributed by atoms with Crippen LogP contribution in [0.5, 0.6) is 0 Å². The number of rotatable bonds is 3. The normalized spacial score (nSPS) is 10.1. The van der Waals surface area contributed by atoms with E-state index in [4.69, 9.17) is 5.73 Å². The molecule has 3 heteroatoms. The van der Waals surface area contributed by atoms with E-state index >= 15 is 0 Å². The maximum Gasteiger partial charge on any atom is 0.132 e. The lowest BCUT2D eigenvalue weighted by molar-refractivity contribution is 1.14. The molecule has 2 rings (SSSR count). The molecule has 0 amide bonds. The first kappa shape index (κ1) is 10.5. The van der Waals surface area contributed by atoms with E-state index in [0.717, 1.165) is 17.9 Å². The second kappa shape index (κ2) is 4.66. The first-order valence-corrected chi connectivity index (χ1v) is 5.37. The fourth-order valence-electron chi connectivity index (χ4n) is 1.61. The van der Waals surface area contributed by atoms with Gasteiger partial charge in [0, 0.05) is 5.69 Å². The minimum Gasteiger partial charge on any atom is -0.384 e. The summed E-state index contributed by atoms with van der Waals surface area (Å²) in [7, 11) is 0. The Kier molecular flexibility index (Phi) is 3.05. The van der Waals surface area contributed by atoms with Crippen LogP contribution in [0.25, 0.3) is 0 Å². The number of nitrogens with zero attached hydrogens (tertiary/aromatic N) is 1. The molecule has 82 valence electrons. The molecule has 0 aliphatic carbocycles. The van der Waals surface area contributed by atoms with Crippen molar-refractivity contribution in [3.8, 4) is 0 Å². The van der Waals surface area contributed by atoms with Gasteiger partial charge in [-0.1, -0.05) is 31.2 Å². The van der Waals surface area contributed by atoms with Gasteiger partial charge in [-0.2, -0.15) is 0 Å². The van der Waals surface area contributed by atoms with E-state index in [1.165, 1.54) is 5.56 Å². The van der Waals surface area contributed by atoms with Crippen molar-refractivity contribution in [2.75, 3.05) is 11.1 Å². The van der Waals surface area contributed by atoms with Gasteiger partial charge in [0.25, 0.3) is 0 Å². The molecule has 0 spiro atoms. The van der Waals surface area contributed by atoms with Crippen molar-refractivity contribution in [3.63, 3.8) is 0 Å². The Morgan fingerprint density at radius 3 is 2.69 bits per heavy atom. The van der Waals surface area contributed by atoms with Crippen LogP contribution < -0.4 is 11.1 Å². The monoisotopic (exact) mass is 213 g/mol. The summed E-state index contributed by atoms with van der Waals surface area (Å²) in [5.41, 5.74) is 7.99. The van der Waals surface area contributed by atoms with Crippen LogP contribution in [0.2, 0.25) is 0 Å². The van der Waals surface area contributed by atoms with E-state index in [1.807, 2.05) is 30.3 Å². The summed E-state index contributed by atoms with van der Waals surface area (Å²) >= 11 is 0. The number of nitrogen functional groups attached to an aromatic ring is 1. The standard InChI is InChI=1S/C13H15N3/c1-2-10-6-3-4-7-11(10)15-13-9-5-8-12(14)16-13/h3-9H,2H2,1H3,(H3,14,15,16). The maximum absolute atomic E-state index is 5.63. The Hall–Kier alpha value is -2.03. The van der Waals surface area contributed by atoms with Crippen LogP contribution in [0.1, 0.15) is 12.5 Å². The van der Waals surface area contributed by atoms with E-state index in [0.29, 0.717) is 5.82 Å². The van der Waals surface area contributed by atoms with Crippen molar-refractivity contribution >= 4 is 17.3 Å². The summed E-state index contributed by atoms with van der Waals surface area (Å²) in [4.78, 5) is 4.21. The SMILES string of the molecule is CCc1ccccc1Nc1cccc(N)n1. The highest BCUT2D eigenvalue weighted by molar-refractivity contribution is 5.61. The van der Waals surface area contributed by atoms with Crippen LogP contribution in [-0.4, -0.2) is 4.98 Å². The predicted molar refractivity (Wildman–Crippen MR) is 67.8 cm³/mol. The van der Waals surface area contributed by atoms with Crippen LogP contribution in [0.15, 0.2) is 42.5 Å². The van der Waals surface area contributed by atoms with Gasteiger partial charge >= 0.3 is 0 Å². The van der Waals surface area contributed by atoms with Gasteiger partial charge in [0.05, 0.1) is 0 Å². The summed E-state index contributed by atoms with van der Waals surface area (Å²) in [6.45, 7) is 2.13. The summed E-state index contributed by atoms with van der Waals surface area (Å²) in [6.07, 6.45) is 0.992. The number of pyridine rings is 1. The highest BCUT2D eigenvalue weighted by Gasteiger charge is 2.00. The molecule has 3 nitrogen and oxygen atoms in total. The molecule has 0 saturated carbocycles. The van der Waals surface area contributed by atoms with Gasteiger partial charge in [0.15, 0.2) is 0 Å². The fraction of sp³-hybridized carbons (Fsp3) is 0.154. The minimum atomic E-state index is 0.527. The molecule has 0 fully saturated rings. The van der Waals surface area contributed by atoms with Crippen molar-refractivity contribution in [1.29, 1.82) is 0 Å². The average Bonchev–Trinajstić information content (AvgIpc) is 2.30. The molecular weight excluding hydrogens is 198 g/mol. The zero-order chi connectivity index (χ0) is 11.4. The molecule has 0 saturated heterocycles. The quantitative estimate of drug-likeness (QED) is 0.824.